The van der Waals surface area contributed by atoms with Crippen LogP contribution in [0.1, 0.15) is 21.6 Å². The minimum Gasteiger partial charge on any atom is -0.497 e. The Bertz CT molecular complexity index is 1020. The molecule has 0 saturated heterocycles. The van der Waals surface area contributed by atoms with Gasteiger partial charge in [-0.3, -0.25) is 9.59 Å². The summed E-state index contributed by atoms with van der Waals surface area (Å²) in [7, 11) is 1.61. The molecule has 0 aliphatic carbocycles. The van der Waals surface area contributed by atoms with Crippen molar-refractivity contribution in [2.24, 2.45) is 0 Å². The highest BCUT2D eigenvalue weighted by molar-refractivity contribution is 5.91. The van der Waals surface area contributed by atoms with Crippen molar-refractivity contribution in [1.29, 1.82) is 0 Å². The van der Waals surface area contributed by atoms with E-state index in [4.69, 9.17) is 4.74 Å². The van der Waals surface area contributed by atoms with Gasteiger partial charge in [0.1, 0.15) is 17.3 Å². The normalized spacial score (nSPS) is 10.5. The van der Waals surface area contributed by atoms with Gasteiger partial charge < -0.3 is 10.1 Å². The standard InChI is InChI=1S/C21H20FN3O3/c1-28-18-7-5-15(6-8-18)11-12-23-21(27)19-9-10-20(26)25(24-19)14-16-3-2-4-17(22)13-16/h2-10,13H,11-12,14H2,1H3,(H,23,27). The maximum atomic E-state index is 13.3. The average molecular weight is 381 g/mol. The predicted molar refractivity (Wildman–Crippen MR) is 103 cm³/mol. The van der Waals surface area contributed by atoms with Gasteiger partial charge >= 0.3 is 0 Å². The van der Waals surface area contributed by atoms with Gasteiger partial charge in [-0.05, 0) is 47.9 Å². The Labute approximate surface area is 161 Å². The Morgan fingerprint density at radius 3 is 2.61 bits per heavy atom. The molecule has 6 nitrogen and oxygen atoms in total. The molecule has 144 valence electrons. The Balaban J connectivity index is 1.62. The van der Waals surface area contributed by atoms with Crippen molar-refractivity contribution in [2.75, 3.05) is 13.7 Å². The Morgan fingerprint density at radius 2 is 1.89 bits per heavy atom. The molecule has 0 bridgehead atoms. The maximum Gasteiger partial charge on any atom is 0.271 e. The van der Waals surface area contributed by atoms with Gasteiger partial charge in [-0.15, -0.1) is 0 Å². The SMILES string of the molecule is COc1ccc(CCNC(=O)c2ccc(=O)n(Cc3cccc(F)c3)n2)cc1. The lowest BCUT2D eigenvalue weighted by atomic mass is 10.1. The van der Waals surface area contributed by atoms with Gasteiger partial charge in [-0.25, -0.2) is 9.07 Å². The van der Waals surface area contributed by atoms with Crippen LogP contribution in [0.4, 0.5) is 4.39 Å². The van der Waals surface area contributed by atoms with E-state index in [1.165, 1.54) is 24.3 Å². The van der Waals surface area contributed by atoms with Crippen LogP contribution in [0.15, 0.2) is 65.5 Å². The predicted octanol–water partition coefficient (Wildman–Crippen LogP) is 2.41. The van der Waals surface area contributed by atoms with Crippen molar-refractivity contribution >= 4 is 5.91 Å². The zero-order valence-electron chi connectivity index (χ0n) is 15.4. The molecular weight excluding hydrogens is 361 g/mol. The summed E-state index contributed by atoms with van der Waals surface area (Å²) in [6, 6.07) is 16.2. The van der Waals surface area contributed by atoms with Crippen molar-refractivity contribution in [3.05, 3.63) is 93.7 Å². The van der Waals surface area contributed by atoms with E-state index in [0.717, 1.165) is 16.0 Å². The fourth-order valence-corrected chi connectivity index (χ4v) is 2.69. The second-order valence-electron chi connectivity index (χ2n) is 6.20. The molecule has 0 spiro atoms. The fourth-order valence-electron chi connectivity index (χ4n) is 2.69. The maximum absolute atomic E-state index is 13.3. The van der Waals surface area contributed by atoms with E-state index >= 15 is 0 Å². The molecule has 0 aliphatic rings. The molecular formula is C21H20FN3O3. The molecule has 0 fully saturated rings. The molecule has 1 aromatic heterocycles. The quantitative estimate of drug-likeness (QED) is 0.682. The molecule has 3 aromatic rings. The molecule has 1 N–H and O–H groups in total. The van der Waals surface area contributed by atoms with E-state index in [0.29, 0.717) is 18.5 Å². The van der Waals surface area contributed by atoms with Gasteiger partial charge in [-0.1, -0.05) is 24.3 Å². The summed E-state index contributed by atoms with van der Waals surface area (Å²) in [5.41, 5.74) is 1.42. The Kier molecular flexibility index (Phi) is 6.16. The summed E-state index contributed by atoms with van der Waals surface area (Å²) < 4.78 is 19.6. The topological polar surface area (TPSA) is 73.2 Å². The third kappa shape index (κ3) is 5.03. The van der Waals surface area contributed by atoms with Crippen molar-refractivity contribution < 1.29 is 13.9 Å². The van der Waals surface area contributed by atoms with Gasteiger partial charge in [0.25, 0.3) is 11.5 Å². The molecule has 0 unspecified atom stereocenters. The summed E-state index contributed by atoms with van der Waals surface area (Å²) in [5, 5.41) is 6.89. The van der Waals surface area contributed by atoms with E-state index in [1.54, 1.807) is 19.2 Å². The zero-order chi connectivity index (χ0) is 19.9. The Morgan fingerprint density at radius 1 is 1.11 bits per heavy atom. The Hall–Kier alpha value is -3.48. The molecule has 7 heteroatoms. The largest absolute Gasteiger partial charge is 0.497 e. The minimum atomic E-state index is -0.391. The van der Waals surface area contributed by atoms with Gasteiger partial charge in [0.15, 0.2) is 0 Å². The second-order valence-corrected chi connectivity index (χ2v) is 6.20. The number of carbonyl (C=O) groups excluding carboxylic acids is 1. The second kappa shape index (κ2) is 8.94. The van der Waals surface area contributed by atoms with Crippen LogP contribution in [0.25, 0.3) is 0 Å². The summed E-state index contributed by atoms with van der Waals surface area (Å²) in [6.07, 6.45) is 0.651. The number of carbonyl (C=O) groups is 1. The molecule has 3 rings (SSSR count). The molecule has 0 atom stereocenters. The number of hydrogen-bond donors (Lipinski definition) is 1. The number of aromatic nitrogens is 2. The van der Waals surface area contributed by atoms with Crippen LogP contribution in [0, 0.1) is 5.82 Å². The first-order valence-corrected chi connectivity index (χ1v) is 8.79. The third-order valence-electron chi connectivity index (χ3n) is 4.18. The number of nitrogens with zero attached hydrogens (tertiary/aromatic N) is 2. The van der Waals surface area contributed by atoms with Gasteiger partial charge in [0.2, 0.25) is 0 Å². The van der Waals surface area contributed by atoms with E-state index in [-0.39, 0.29) is 23.7 Å². The van der Waals surface area contributed by atoms with Crippen LogP contribution in [-0.4, -0.2) is 29.3 Å². The van der Waals surface area contributed by atoms with Crippen LogP contribution < -0.4 is 15.6 Å². The van der Waals surface area contributed by atoms with Crippen molar-refractivity contribution in [3.8, 4) is 5.75 Å². The lowest BCUT2D eigenvalue weighted by Gasteiger charge is -2.08. The number of ether oxygens (including phenoxy) is 1. The molecule has 1 heterocycles. The van der Waals surface area contributed by atoms with Crippen molar-refractivity contribution in [2.45, 2.75) is 13.0 Å². The molecule has 0 saturated carbocycles. The first-order valence-electron chi connectivity index (χ1n) is 8.79. The number of amides is 1. The van der Waals surface area contributed by atoms with Crippen LogP contribution in [0.3, 0.4) is 0 Å². The molecule has 1 amide bonds. The smallest absolute Gasteiger partial charge is 0.271 e. The average Bonchev–Trinajstić information content (AvgIpc) is 2.70. The number of halogens is 1. The van der Waals surface area contributed by atoms with E-state index in [1.807, 2.05) is 24.3 Å². The monoisotopic (exact) mass is 381 g/mol. The lowest BCUT2D eigenvalue weighted by Crippen LogP contribution is -2.31. The van der Waals surface area contributed by atoms with Crippen LogP contribution in [-0.2, 0) is 13.0 Å². The summed E-state index contributed by atoms with van der Waals surface area (Å²) in [6.45, 7) is 0.513. The minimum absolute atomic E-state index is 0.0869. The lowest BCUT2D eigenvalue weighted by molar-refractivity contribution is 0.0946. The number of rotatable bonds is 7. The fraction of sp³-hybridized carbons (Fsp3) is 0.190. The van der Waals surface area contributed by atoms with E-state index in [2.05, 4.69) is 10.4 Å². The number of nitrogens with one attached hydrogen (secondary N) is 1. The van der Waals surface area contributed by atoms with Gasteiger partial charge in [-0.2, -0.15) is 5.10 Å². The number of methoxy groups -OCH3 is 1. The summed E-state index contributed by atoms with van der Waals surface area (Å²) in [5.74, 6) is 0.0111. The van der Waals surface area contributed by atoms with Gasteiger partial charge in [0.05, 0.1) is 13.7 Å². The third-order valence-corrected chi connectivity index (χ3v) is 4.18. The van der Waals surface area contributed by atoms with Crippen LogP contribution in [0.2, 0.25) is 0 Å². The molecule has 28 heavy (non-hydrogen) atoms. The number of hydrogen-bond acceptors (Lipinski definition) is 4. The van der Waals surface area contributed by atoms with Crippen molar-refractivity contribution in [3.63, 3.8) is 0 Å². The highest BCUT2D eigenvalue weighted by atomic mass is 19.1. The van der Waals surface area contributed by atoms with Crippen LogP contribution in [0.5, 0.6) is 5.75 Å². The summed E-state index contributed by atoms with van der Waals surface area (Å²) in [4.78, 5) is 24.3. The van der Waals surface area contributed by atoms with E-state index in [9.17, 15) is 14.0 Å². The van der Waals surface area contributed by atoms with Gasteiger partial charge in [0, 0.05) is 12.6 Å². The molecule has 2 aromatic carbocycles. The van der Waals surface area contributed by atoms with Crippen LogP contribution >= 0.6 is 0 Å². The van der Waals surface area contributed by atoms with E-state index < -0.39 is 5.82 Å². The highest BCUT2D eigenvalue weighted by Gasteiger charge is 2.10. The zero-order valence-corrected chi connectivity index (χ0v) is 15.4. The highest BCUT2D eigenvalue weighted by Crippen LogP contribution is 2.11. The first-order chi connectivity index (χ1) is 13.5. The van der Waals surface area contributed by atoms with Crippen molar-refractivity contribution in [1.82, 2.24) is 15.1 Å². The first kappa shape index (κ1) is 19.3. The molecule has 0 aliphatic heterocycles. The summed E-state index contributed by atoms with van der Waals surface area (Å²) >= 11 is 0. The molecule has 0 radical (unpaired) electrons. The number of benzene rings is 2.